The van der Waals surface area contributed by atoms with E-state index in [0.29, 0.717) is 5.92 Å². The molecule has 0 amide bonds. The highest BCUT2D eigenvalue weighted by atomic mass is 32.2. The van der Waals surface area contributed by atoms with Gasteiger partial charge in [-0.05, 0) is 43.4 Å². The standard InChI is InChI=1S/C13H21N3O3S/c14-12-8-11(3-4-13(12)20(15,18)19)16-6-1-2-10(9-16)5-7-17/h3-4,8,10,17H,1-2,5-7,9,14H2,(H2,15,18,19). The highest BCUT2D eigenvalue weighted by Gasteiger charge is 2.21. The van der Waals surface area contributed by atoms with Crippen LogP contribution in [0.2, 0.25) is 0 Å². The summed E-state index contributed by atoms with van der Waals surface area (Å²) in [6, 6.07) is 4.84. The lowest BCUT2D eigenvalue weighted by molar-refractivity contribution is 0.244. The van der Waals surface area contributed by atoms with Gasteiger partial charge in [0.05, 0.1) is 5.69 Å². The first-order valence-corrected chi connectivity index (χ1v) is 8.24. The van der Waals surface area contributed by atoms with E-state index in [9.17, 15) is 8.42 Å². The lowest BCUT2D eigenvalue weighted by Gasteiger charge is -2.34. The number of nitrogen functional groups attached to an aromatic ring is 1. The normalized spacial score (nSPS) is 20.1. The van der Waals surface area contributed by atoms with Crippen LogP contribution in [-0.4, -0.2) is 33.2 Å². The molecule has 1 saturated heterocycles. The third-order valence-electron chi connectivity index (χ3n) is 3.72. The number of nitrogens with two attached hydrogens (primary N) is 2. The van der Waals surface area contributed by atoms with Crippen LogP contribution in [0.4, 0.5) is 11.4 Å². The molecule has 6 nitrogen and oxygen atoms in total. The Morgan fingerprint density at radius 1 is 1.40 bits per heavy atom. The van der Waals surface area contributed by atoms with Gasteiger partial charge in [-0.25, -0.2) is 13.6 Å². The maximum absolute atomic E-state index is 11.3. The fourth-order valence-corrected chi connectivity index (χ4v) is 3.35. The van der Waals surface area contributed by atoms with Gasteiger partial charge in [0.25, 0.3) is 0 Å². The molecule has 5 N–H and O–H groups in total. The van der Waals surface area contributed by atoms with Crippen molar-refractivity contribution < 1.29 is 13.5 Å². The van der Waals surface area contributed by atoms with Crippen molar-refractivity contribution in [2.45, 2.75) is 24.2 Å². The van der Waals surface area contributed by atoms with Crippen LogP contribution < -0.4 is 15.8 Å². The molecule has 0 saturated carbocycles. The van der Waals surface area contributed by atoms with Crippen molar-refractivity contribution in [3.8, 4) is 0 Å². The van der Waals surface area contributed by atoms with Gasteiger partial charge in [0, 0.05) is 25.4 Å². The lowest BCUT2D eigenvalue weighted by atomic mass is 9.95. The number of benzene rings is 1. The number of hydrogen-bond donors (Lipinski definition) is 3. The number of rotatable bonds is 4. The summed E-state index contributed by atoms with van der Waals surface area (Å²) in [5, 5.41) is 14.1. The Balaban J connectivity index is 2.19. The van der Waals surface area contributed by atoms with Gasteiger partial charge in [-0.1, -0.05) is 0 Å². The molecule has 112 valence electrons. The van der Waals surface area contributed by atoms with Crippen LogP contribution in [0.25, 0.3) is 0 Å². The van der Waals surface area contributed by atoms with E-state index in [1.54, 1.807) is 12.1 Å². The summed E-state index contributed by atoms with van der Waals surface area (Å²) in [7, 11) is -3.78. The van der Waals surface area contributed by atoms with Crippen LogP contribution in [0.5, 0.6) is 0 Å². The number of aliphatic hydroxyl groups excluding tert-OH is 1. The number of hydrogen-bond acceptors (Lipinski definition) is 5. The Morgan fingerprint density at radius 2 is 2.15 bits per heavy atom. The molecule has 1 atom stereocenters. The van der Waals surface area contributed by atoms with Gasteiger partial charge in [-0.3, -0.25) is 0 Å². The molecule has 0 aliphatic carbocycles. The van der Waals surface area contributed by atoms with E-state index in [1.165, 1.54) is 6.07 Å². The molecule has 1 aromatic rings. The average Bonchev–Trinajstić information content (AvgIpc) is 2.38. The summed E-state index contributed by atoms with van der Waals surface area (Å²) >= 11 is 0. The quantitative estimate of drug-likeness (QED) is 0.702. The largest absolute Gasteiger partial charge is 0.398 e. The van der Waals surface area contributed by atoms with Crippen molar-refractivity contribution in [2.24, 2.45) is 11.1 Å². The minimum Gasteiger partial charge on any atom is -0.398 e. The van der Waals surface area contributed by atoms with Crippen molar-refractivity contribution in [1.82, 2.24) is 0 Å². The van der Waals surface area contributed by atoms with Gasteiger partial charge in [0.15, 0.2) is 0 Å². The Hall–Kier alpha value is -1.31. The zero-order valence-electron chi connectivity index (χ0n) is 11.3. The maximum Gasteiger partial charge on any atom is 0.240 e. The molecule has 1 heterocycles. The number of aliphatic hydroxyl groups is 1. The monoisotopic (exact) mass is 299 g/mol. The molecule has 0 radical (unpaired) electrons. The molecule has 1 aliphatic rings. The number of piperidine rings is 1. The lowest BCUT2D eigenvalue weighted by Crippen LogP contribution is -2.35. The predicted molar refractivity (Wildman–Crippen MR) is 78.9 cm³/mol. The summed E-state index contributed by atoms with van der Waals surface area (Å²) in [6.07, 6.45) is 2.96. The van der Waals surface area contributed by atoms with Crippen LogP contribution in [-0.2, 0) is 10.0 Å². The molecule has 0 spiro atoms. The number of primary sulfonamides is 1. The molecular weight excluding hydrogens is 278 g/mol. The Kier molecular flexibility index (Phi) is 4.52. The molecule has 0 bridgehead atoms. The second-order valence-electron chi connectivity index (χ2n) is 5.23. The molecule has 0 aromatic heterocycles. The van der Waals surface area contributed by atoms with Crippen LogP contribution >= 0.6 is 0 Å². The molecule has 1 aliphatic heterocycles. The van der Waals surface area contributed by atoms with Gasteiger partial charge in [-0.2, -0.15) is 0 Å². The van der Waals surface area contributed by atoms with Crippen molar-refractivity contribution in [1.29, 1.82) is 0 Å². The summed E-state index contributed by atoms with van der Waals surface area (Å²) in [4.78, 5) is 2.14. The topological polar surface area (TPSA) is 110 Å². The zero-order chi connectivity index (χ0) is 14.8. The SMILES string of the molecule is Nc1cc(N2CCCC(CCO)C2)ccc1S(N)(=O)=O. The Morgan fingerprint density at radius 3 is 2.75 bits per heavy atom. The van der Waals surface area contributed by atoms with Crippen molar-refractivity contribution in [2.75, 3.05) is 30.3 Å². The van der Waals surface area contributed by atoms with Crippen molar-refractivity contribution in [3.05, 3.63) is 18.2 Å². The van der Waals surface area contributed by atoms with Gasteiger partial charge < -0.3 is 15.7 Å². The van der Waals surface area contributed by atoms with Crippen LogP contribution in [0.1, 0.15) is 19.3 Å². The van der Waals surface area contributed by atoms with E-state index >= 15 is 0 Å². The third-order valence-corrected chi connectivity index (χ3v) is 4.71. The van der Waals surface area contributed by atoms with Gasteiger partial charge in [0.2, 0.25) is 10.0 Å². The number of anilines is 2. The van der Waals surface area contributed by atoms with E-state index in [-0.39, 0.29) is 17.2 Å². The average molecular weight is 299 g/mol. The first kappa shape index (κ1) is 15.1. The Labute approximate surface area is 119 Å². The highest BCUT2D eigenvalue weighted by Crippen LogP contribution is 2.28. The first-order chi connectivity index (χ1) is 9.41. The summed E-state index contributed by atoms with van der Waals surface area (Å²) < 4.78 is 22.7. The second-order valence-corrected chi connectivity index (χ2v) is 6.76. The predicted octanol–water partition coefficient (Wildman–Crippen LogP) is 0.515. The van der Waals surface area contributed by atoms with Crippen LogP contribution in [0.3, 0.4) is 0 Å². The molecule has 7 heteroatoms. The minimum atomic E-state index is -3.78. The van der Waals surface area contributed by atoms with Gasteiger partial charge in [-0.15, -0.1) is 0 Å². The van der Waals surface area contributed by atoms with Gasteiger partial charge in [0.1, 0.15) is 4.90 Å². The second kappa shape index (κ2) is 5.99. The molecule has 20 heavy (non-hydrogen) atoms. The van der Waals surface area contributed by atoms with Crippen molar-refractivity contribution in [3.63, 3.8) is 0 Å². The summed E-state index contributed by atoms with van der Waals surface area (Å²) in [6.45, 7) is 1.97. The smallest absolute Gasteiger partial charge is 0.240 e. The summed E-state index contributed by atoms with van der Waals surface area (Å²) in [5.41, 5.74) is 6.86. The molecule has 2 rings (SSSR count). The first-order valence-electron chi connectivity index (χ1n) is 6.70. The van der Waals surface area contributed by atoms with Crippen molar-refractivity contribution >= 4 is 21.4 Å². The van der Waals surface area contributed by atoms with E-state index < -0.39 is 10.0 Å². The van der Waals surface area contributed by atoms with E-state index in [1.807, 2.05) is 0 Å². The zero-order valence-corrected chi connectivity index (χ0v) is 12.1. The molecular formula is C13H21N3O3S. The fourth-order valence-electron chi connectivity index (χ4n) is 2.71. The van der Waals surface area contributed by atoms with E-state index in [2.05, 4.69) is 4.90 Å². The number of sulfonamides is 1. The molecule has 1 aromatic carbocycles. The van der Waals surface area contributed by atoms with Crippen LogP contribution in [0.15, 0.2) is 23.1 Å². The Bertz CT molecular complexity index is 572. The fraction of sp³-hybridized carbons (Fsp3) is 0.538. The van der Waals surface area contributed by atoms with E-state index in [4.69, 9.17) is 16.0 Å². The summed E-state index contributed by atoms with van der Waals surface area (Å²) in [5.74, 6) is 0.466. The third kappa shape index (κ3) is 3.41. The number of nitrogens with zero attached hydrogens (tertiary/aromatic N) is 1. The maximum atomic E-state index is 11.3. The van der Waals surface area contributed by atoms with Gasteiger partial charge >= 0.3 is 0 Å². The van der Waals surface area contributed by atoms with Crippen LogP contribution in [0, 0.1) is 5.92 Å². The minimum absolute atomic E-state index is 0.0369. The highest BCUT2D eigenvalue weighted by molar-refractivity contribution is 7.89. The van der Waals surface area contributed by atoms with E-state index in [0.717, 1.165) is 38.0 Å². The molecule has 1 unspecified atom stereocenters. The molecule has 1 fully saturated rings.